The van der Waals surface area contributed by atoms with Crippen molar-refractivity contribution in [3.05, 3.63) is 29.8 Å². The van der Waals surface area contributed by atoms with E-state index in [0.29, 0.717) is 30.4 Å². The molecule has 0 atom stereocenters. The van der Waals surface area contributed by atoms with E-state index in [1.807, 2.05) is 26.1 Å². The molecule has 1 aromatic rings. The second-order valence-electron chi connectivity index (χ2n) is 5.28. The molecular weight excluding hydrogens is 284 g/mol. The molecular formula is C16H28N2O2S. The van der Waals surface area contributed by atoms with E-state index in [1.165, 1.54) is 0 Å². The normalized spacial score (nSPS) is 12.3. The average Bonchev–Trinajstić information content (AvgIpc) is 2.49. The van der Waals surface area contributed by atoms with Crippen LogP contribution in [0.15, 0.2) is 29.2 Å². The van der Waals surface area contributed by atoms with Crippen molar-refractivity contribution in [3.8, 4) is 0 Å². The first kappa shape index (κ1) is 18.1. The first-order valence-electron chi connectivity index (χ1n) is 7.73. The molecule has 1 aromatic carbocycles. The molecule has 0 aliphatic heterocycles. The van der Waals surface area contributed by atoms with Crippen LogP contribution in [0.1, 0.15) is 39.2 Å². The lowest BCUT2D eigenvalue weighted by Crippen LogP contribution is -2.35. The third-order valence-corrected chi connectivity index (χ3v) is 5.97. The van der Waals surface area contributed by atoms with Crippen LogP contribution in [0.25, 0.3) is 0 Å². The molecule has 0 bridgehead atoms. The van der Waals surface area contributed by atoms with Gasteiger partial charge in [0.2, 0.25) is 10.0 Å². The highest BCUT2D eigenvalue weighted by Crippen LogP contribution is 2.22. The van der Waals surface area contributed by atoms with Crippen molar-refractivity contribution in [1.29, 1.82) is 0 Å². The van der Waals surface area contributed by atoms with Gasteiger partial charge in [-0.1, -0.05) is 51.8 Å². The fraction of sp³-hybridized carbons (Fsp3) is 0.625. The van der Waals surface area contributed by atoms with Crippen molar-refractivity contribution < 1.29 is 8.42 Å². The molecule has 0 spiro atoms. The van der Waals surface area contributed by atoms with Gasteiger partial charge in [0.15, 0.2) is 0 Å². The molecule has 0 aliphatic carbocycles. The van der Waals surface area contributed by atoms with Crippen molar-refractivity contribution in [3.63, 3.8) is 0 Å². The van der Waals surface area contributed by atoms with Crippen molar-refractivity contribution in [2.45, 2.75) is 45.1 Å². The summed E-state index contributed by atoms with van der Waals surface area (Å²) in [4.78, 5) is 0.423. The predicted molar refractivity (Wildman–Crippen MR) is 87.7 cm³/mol. The molecule has 21 heavy (non-hydrogen) atoms. The van der Waals surface area contributed by atoms with E-state index in [4.69, 9.17) is 0 Å². The monoisotopic (exact) mass is 312 g/mol. The SMILES string of the molecule is CCC(CC)CN(CC)S(=O)(=O)c1ccccc1CNC. The van der Waals surface area contributed by atoms with Crippen LogP contribution >= 0.6 is 0 Å². The second-order valence-corrected chi connectivity index (χ2v) is 7.18. The number of hydrogen-bond acceptors (Lipinski definition) is 3. The van der Waals surface area contributed by atoms with Crippen molar-refractivity contribution in [2.75, 3.05) is 20.1 Å². The standard InChI is InChI=1S/C16H28N2O2S/c1-5-14(6-2)13-18(7-3)21(19,20)16-11-9-8-10-15(16)12-17-4/h8-11,14,17H,5-7,12-13H2,1-4H3. The number of hydrogen-bond donors (Lipinski definition) is 1. The molecule has 0 unspecified atom stereocenters. The van der Waals surface area contributed by atoms with Crippen molar-refractivity contribution in [1.82, 2.24) is 9.62 Å². The van der Waals surface area contributed by atoms with Gasteiger partial charge in [0.25, 0.3) is 0 Å². The fourth-order valence-electron chi connectivity index (χ4n) is 2.46. The molecule has 1 rings (SSSR count). The van der Waals surface area contributed by atoms with E-state index < -0.39 is 10.0 Å². The summed E-state index contributed by atoms with van der Waals surface area (Å²) >= 11 is 0. The van der Waals surface area contributed by atoms with E-state index in [2.05, 4.69) is 19.2 Å². The van der Waals surface area contributed by atoms with Crippen LogP contribution < -0.4 is 5.32 Å². The van der Waals surface area contributed by atoms with E-state index >= 15 is 0 Å². The zero-order valence-corrected chi connectivity index (χ0v) is 14.4. The molecule has 0 radical (unpaired) electrons. The lowest BCUT2D eigenvalue weighted by Gasteiger charge is -2.25. The van der Waals surface area contributed by atoms with Gasteiger partial charge in [-0.3, -0.25) is 0 Å². The Morgan fingerprint density at radius 3 is 2.29 bits per heavy atom. The highest BCUT2D eigenvalue weighted by molar-refractivity contribution is 7.89. The number of nitrogens with one attached hydrogen (secondary N) is 1. The van der Waals surface area contributed by atoms with Gasteiger partial charge in [0, 0.05) is 19.6 Å². The summed E-state index contributed by atoms with van der Waals surface area (Å²) in [6.45, 7) is 7.79. The first-order chi connectivity index (χ1) is 10.0. The summed E-state index contributed by atoms with van der Waals surface area (Å²) in [5, 5.41) is 3.03. The van der Waals surface area contributed by atoms with Gasteiger partial charge in [0.05, 0.1) is 4.90 Å². The largest absolute Gasteiger partial charge is 0.316 e. The topological polar surface area (TPSA) is 49.4 Å². The smallest absolute Gasteiger partial charge is 0.243 e. The molecule has 0 saturated heterocycles. The number of nitrogens with zero attached hydrogens (tertiary/aromatic N) is 1. The molecule has 0 heterocycles. The summed E-state index contributed by atoms with van der Waals surface area (Å²) in [6.07, 6.45) is 2.00. The molecule has 5 heteroatoms. The molecule has 120 valence electrons. The van der Waals surface area contributed by atoms with Crippen LogP contribution in [0.3, 0.4) is 0 Å². The van der Waals surface area contributed by atoms with Gasteiger partial charge in [-0.2, -0.15) is 4.31 Å². The van der Waals surface area contributed by atoms with Crippen LogP contribution in [-0.2, 0) is 16.6 Å². The fourth-order valence-corrected chi connectivity index (χ4v) is 4.21. The Hall–Kier alpha value is -0.910. The molecule has 0 amide bonds. The van der Waals surface area contributed by atoms with Crippen LogP contribution in [0.4, 0.5) is 0 Å². The van der Waals surface area contributed by atoms with Crippen LogP contribution in [0.5, 0.6) is 0 Å². The maximum atomic E-state index is 12.9. The zero-order valence-electron chi connectivity index (χ0n) is 13.6. The highest BCUT2D eigenvalue weighted by Gasteiger charge is 2.26. The lowest BCUT2D eigenvalue weighted by atomic mass is 10.0. The van der Waals surface area contributed by atoms with Crippen molar-refractivity contribution in [2.24, 2.45) is 5.92 Å². The van der Waals surface area contributed by atoms with Gasteiger partial charge in [0.1, 0.15) is 0 Å². The average molecular weight is 312 g/mol. The Balaban J connectivity index is 3.12. The van der Waals surface area contributed by atoms with Crippen LogP contribution in [-0.4, -0.2) is 32.9 Å². The molecule has 4 nitrogen and oxygen atoms in total. The Morgan fingerprint density at radius 1 is 1.14 bits per heavy atom. The van der Waals surface area contributed by atoms with E-state index in [9.17, 15) is 8.42 Å². The van der Waals surface area contributed by atoms with Crippen LogP contribution in [0, 0.1) is 5.92 Å². The quantitative estimate of drug-likeness (QED) is 0.763. The Morgan fingerprint density at radius 2 is 1.76 bits per heavy atom. The molecule has 1 N–H and O–H groups in total. The third kappa shape index (κ3) is 4.53. The molecule has 0 fully saturated rings. The second kappa shape index (κ2) is 8.51. The summed E-state index contributed by atoms with van der Waals surface area (Å²) in [7, 11) is -1.60. The van der Waals surface area contributed by atoms with Crippen LogP contribution in [0.2, 0.25) is 0 Å². The minimum Gasteiger partial charge on any atom is -0.316 e. The van der Waals surface area contributed by atoms with E-state index in [0.717, 1.165) is 18.4 Å². The Labute approximate surface area is 129 Å². The van der Waals surface area contributed by atoms with Gasteiger partial charge >= 0.3 is 0 Å². The Bertz CT molecular complexity index is 525. The highest BCUT2D eigenvalue weighted by atomic mass is 32.2. The molecule has 0 aromatic heterocycles. The van der Waals surface area contributed by atoms with E-state index in [1.54, 1.807) is 16.4 Å². The maximum absolute atomic E-state index is 12.9. The Kier molecular flexibility index (Phi) is 7.35. The van der Waals surface area contributed by atoms with Gasteiger partial charge in [-0.05, 0) is 24.6 Å². The zero-order chi connectivity index (χ0) is 15.9. The summed E-state index contributed by atoms with van der Waals surface area (Å²) in [6, 6.07) is 7.24. The number of benzene rings is 1. The maximum Gasteiger partial charge on any atom is 0.243 e. The van der Waals surface area contributed by atoms with Gasteiger partial charge < -0.3 is 5.32 Å². The lowest BCUT2D eigenvalue weighted by molar-refractivity contribution is 0.339. The minimum atomic E-state index is -3.43. The van der Waals surface area contributed by atoms with Gasteiger partial charge in [-0.15, -0.1) is 0 Å². The third-order valence-electron chi connectivity index (χ3n) is 3.93. The summed E-state index contributed by atoms with van der Waals surface area (Å²) < 4.78 is 27.5. The van der Waals surface area contributed by atoms with Gasteiger partial charge in [-0.25, -0.2) is 8.42 Å². The van der Waals surface area contributed by atoms with Crippen molar-refractivity contribution >= 4 is 10.0 Å². The number of rotatable bonds is 9. The minimum absolute atomic E-state index is 0.413. The summed E-state index contributed by atoms with van der Waals surface area (Å²) in [5.74, 6) is 0.413. The number of sulfonamides is 1. The molecule has 0 aliphatic rings. The summed E-state index contributed by atoms with van der Waals surface area (Å²) in [5.41, 5.74) is 0.822. The predicted octanol–water partition coefficient (Wildman–Crippen LogP) is 2.85. The van der Waals surface area contributed by atoms with E-state index in [-0.39, 0.29) is 0 Å². The molecule has 0 saturated carbocycles. The first-order valence-corrected chi connectivity index (χ1v) is 9.17.